The second kappa shape index (κ2) is 6.22. The molecule has 0 bridgehead atoms. The van der Waals surface area contributed by atoms with Crippen molar-refractivity contribution in [2.75, 3.05) is 0 Å². The van der Waals surface area contributed by atoms with E-state index in [-0.39, 0.29) is 5.92 Å². The number of hydrogen-bond donors (Lipinski definition) is 0. The van der Waals surface area contributed by atoms with E-state index in [4.69, 9.17) is 5.26 Å². The Bertz CT molecular complexity index is 123. The third-order valence-corrected chi connectivity index (χ3v) is 2.25. The standard InChI is InChI=1S/C10H19N/c1-4-9(2)6-5-7-10(3)8-11/h9-10H,4-7H2,1-3H3. The van der Waals surface area contributed by atoms with Crippen molar-refractivity contribution < 1.29 is 0 Å². The summed E-state index contributed by atoms with van der Waals surface area (Å²) in [6.45, 7) is 6.49. The van der Waals surface area contributed by atoms with Gasteiger partial charge >= 0.3 is 0 Å². The normalized spacial score (nSPS) is 15.5. The lowest BCUT2D eigenvalue weighted by atomic mass is 9.98. The van der Waals surface area contributed by atoms with Crippen molar-refractivity contribution in [3.05, 3.63) is 0 Å². The molecule has 0 N–H and O–H groups in total. The molecule has 0 saturated carbocycles. The topological polar surface area (TPSA) is 23.8 Å². The zero-order valence-electron chi connectivity index (χ0n) is 7.93. The van der Waals surface area contributed by atoms with E-state index >= 15 is 0 Å². The molecule has 0 aliphatic heterocycles. The lowest BCUT2D eigenvalue weighted by molar-refractivity contribution is 0.465. The number of nitriles is 1. The van der Waals surface area contributed by atoms with Gasteiger partial charge in [-0.05, 0) is 19.3 Å². The van der Waals surface area contributed by atoms with Crippen LogP contribution in [0.5, 0.6) is 0 Å². The summed E-state index contributed by atoms with van der Waals surface area (Å²) in [6, 6.07) is 2.26. The highest BCUT2D eigenvalue weighted by atomic mass is 14.3. The Kier molecular flexibility index (Phi) is 5.93. The van der Waals surface area contributed by atoms with Gasteiger partial charge in [-0.15, -0.1) is 0 Å². The maximum atomic E-state index is 8.51. The zero-order chi connectivity index (χ0) is 8.69. The molecule has 64 valence electrons. The minimum atomic E-state index is 0.249. The first-order valence-electron chi connectivity index (χ1n) is 4.60. The molecule has 0 heterocycles. The Morgan fingerprint density at radius 1 is 1.27 bits per heavy atom. The van der Waals surface area contributed by atoms with Crippen molar-refractivity contribution in [2.24, 2.45) is 11.8 Å². The second-order valence-electron chi connectivity index (χ2n) is 3.47. The van der Waals surface area contributed by atoms with E-state index in [1.807, 2.05) is 6.92 Å². The molecule has 2 unspecified atom stereocenters. The summed E-state index contributed by atoms with van der Waals surface area (Å²) < 4.78 is 0. The molecule has 1 nitrogen and oxygen atoms in total. The Labute approximate surface area is 70.4 Å². The molecule has 2 atom stereocenters. The van der Waals surface area contributed by atoms with Crippen LogP contribution in [0.4, 0.5) is 0 Å². The monoisotopic (exact) mass is 153 g/mol. The van der Waals surface area contributed by atoms with Crippen molar-refractivity contribution in [2.45, 2.75) is 46.5 Å². The first-order valence-corrected chi connectivity index (χ1v) is 4.60. The van der Waals surface area contributed by atoms with E-state index in [0.29, 0.717) is 0 Å². The highest BCUT2D eigenvalue weighted by Crippen LogP contribution is 2.14. The van der Waals surface area contributed by atoms with Gasteiger partial charge in [0.25, 0.3) is 0 Å². The minimum absolute atomic E-state index is 0.249. The van der Waals surface area contributed by atoms with Crippen LogP contribution in [0.25, 0.3) is 0 Å². The smallest absolute Gasteiger partial charge is 0.0652 e. The Hall–Kier alpha value is -0.510. The highest BCUT2D eigenvalue weighted by Gasteiger charge is 2.01. The summed E-state index contributed by atoms with van der Waals surface area (Å²) in [5.74, 6) is 1.08. The van der Waals surface area contributed by atoms with Crippen molar-refractivity contribution >= 4 is 0 Å². The summed E-state index contributed by atoms with van der Waals surface area (Å²) in [6.07, 6.45) is 4.83. The fourth-order valence-electron chi connectivity index (χ4n) is 1.04. The van der Waals surface area contributed by atoms with E-state index in [0.717, 1.165) is 12.3 Å². The van der Waals surface area contributed by atoms with Gasteiger partial charge in [-0.25, -0.2) is 0 Å². The lowest BCUT2D eigenvalue weighted by Gasteiger charge is -2.07. The van der Waals surface area contributed by atoms with Gasteiger partial charge in [-0.1, -0.05) is 33.1 Å². The fourth-order valence-corrected chi connectivity index (χ4v) is 1.04. The maximum absolute atomic E-state index is 8.51. The molecular formula is C10H19N. The molecule has 0 saturated heterocycles. The predicted octanol–water partition coefficient (Wildman–Crippen LogP) is 3.36. The predicted molar refractivity (Wildman–Crippen MR) is 48.1 cm³/mol. The minimum Gasteiger partial charge on any atom is -0.198 e. The van der Waals surface area contributed by atoms with Crippen LogP contribution in [0.1, 0.15) is 46.5 Å². The van der Waals surface area contributed by atoms with Gasteiger partial charge in [0.1, 0.15) is 0 Å². The first-order chi connectivity index (χ1) is 5.20. The van der Waals surface area contributed by atoms with Crippen LogP contribution in [0, 0.1) is 23.2 Å². The summed E-state index contributed by atoms with van der Waals surface area (Å²) in [7, 11) is 0. The number of hydrogen-bond acceptors (Lipinski definition) is 1. The van der Waals surface area contributed by atoms with Gasteiger partial charge < -0.3 is 0 Å². The molecule has 0 spiro atoms. The van der Waals surface area contributed by atoms with Gasteiger partial charge in [-0.2, -0.15) is 5.26 Å². The van der Waals surface area contributed by atoms with Crippen molar-refractivity contribution in [1.82, 2.24) is 0 Å². The second-order valence-corrected chi connectivity index (χ2v) is 3.47. The van der Waals surface area contributed by atoms with Crippen LogP contribution in [-0.2, 0) is 0 Å². The van der Waals surface area contributed by atoms with E-state index in [2.05, 4.69) is 19.9 Å². The summed E-state index contributed by atoms with van der Waals surface area (Å²) in [5, 5.41) is 8.51. The van der Waals surface area contributed by atoms with Crippen LogP contribution < -0.4 is 0 Å². The molecule has 0 radical (unpaired) electrons. The quantitative estimate of drug-likeness (QED) is 0.594. The average molecular weight is 153 g/mol. The lowest BCUT2D eigenvalue weighted by Crippen LogP contribution is -1.95. The van der Waals surface area contributed by atoms with Gasteiger partial charge in [-0.3, -0.25) is 0 Å². The molecule has 0 aromatic carbocycles. The van der Waals surface area contributed by atoms with Crippen LogP contribution in [0.2, 0.25) is 0 Å². The summed E-state index contributed by atoms with van der Waals surface area (Å²) >= 11 is 0. The zero-order valence-corrected chi connectivity index (χ0v) is 7.93. The van der Waals surface area contributed by atoms with Crippen molar-refractivity contribution in [1.29, 1.82) is 5.26 Å². The first kappa shape index (κ1) is 10.5. The molecule has 0 aliphatic carbocycles. The van der Waals surface area contributed by atoms with Gasteiger partial charge in [0.15, 0.2) is 0 Å². The molecule has 0 aromatic heterocycles. The molecule has 0 rings (SSSR count). The van der Waals surface area contributed by atoms with Gasteiger partial charge in [0.2, 0.25) is 0 Å². The third-order valence-electron chi connectivity index (χ3n) is 2.25. The van der Waals surface area contributed by atoms with Crippen LogP contribution in [0.15, 0.2) is 0 Å². The van der Waals surface area contributed by atoms with E-state index in [1.54, 1.807) is 0 Å². The number of rotatable bonds is 5. The van der Waals surface area contributed by atoms with E-state index in [1.165, 1.54) is 19.3 Å². The largest absolute Gasteiger partial charge is 0.198 e. The molecule has 0 aliphatic rings. The summed E-state index contributed by atoms with van der Waals surface area (Å²) in [5.41, 5.74) is 0. The van der Waals surface area contributed by atoms with E-state index in [9.17, 15) is 0 Å². The molecule has 1 heteroatoms. The Balaban J connectivity index is 3.21. The van der Waals surface area contributed by atoms with Crippen molar-refractivity contribution in [3.63, 3.8) is 0 Å². The van der Waals surface area contributed by atoms with Crippen LogP contribution >= 0.6 is 0 Å². The maximum Gasteiger partial charge on any atom is 0.0652 e. The van der Waals surface area contributed by atoms with Crippen LogP contribution in [-0.4, -0.2) is 0 Å². The third kappa shape index (κ3) is 5.91. The average Bonchev–Trinajstić information content (AvgIpc) is 2.04. The molecule has 0 aromatic rings. The Morgan fingerprint density at radius 2 is 1.91 bits per heavy atom. The fraction of sp³-hybridized carbons (Fsp3) is 0.900. The van der Waals surface area contributed by atoms with Gasteiger partial charge in [0, 0.05) is 5.92 Å². The number of nitrogens with zero attached hydrogens (tertiary/aromatic N) is 1. The van der Waals surface area contributed by atoms with E-state index < -0.39 is 0 Å². The summed E-state index contributed by atoms with van der Waals surface area (Å²) in [4.78, 5) is 0. The van der Waals surface area contributed by atoms with Crippen LogP contribution in [0.3, 0.4) is 0 Å². The van der Waals surface area contributed by atoms with Crippen molar-refractivity contribution in [3.8, 4) is 6.07 Å². The van der Waals surface area contributed by atoms with Gasteiger partial charge in [0.05, 0.1) is 6.07 Å². The highest BCUT2D eigenvalue weighted by molar-refractivity contribution is 4.78. The Morgan fingerprint density at radius 3 is 2.36 bits per heavy atom. The molecule has 0 amide bonds. The molecular weight excluding hydrogens is 134 g/mol. The molecule has 0 fully saturated rings. The molecule has 11 heavy (non-hydrogen) atoms. The SMILES string of the molecule is CCC(C)CCCC(C)C#N.